The molecule has 7 heteroatoms. The van der Waals surface area contributed by atoms with Crippen LogP contribution >= 0.6 is 23.4 Å². The standard InChI is InChI=1S/C19H24ClN3O2S/c1-12(2)23-18(25)15-8-7-14(20)10-16(15)21-19(23)26-11-17(24)22-9-5-4-6-13(22)3/h7-8,10,12-13H,4-6,9,11H2,1-3H3/t13-/m0/s1. The molecule has 1 fully saturated rings. The van der Waals surface area contributed by atoms with Gasteiger partial charge in [-0.25, -0.2) is 4.98 Å². The van der Waals surface area contributed by atoms with Gasteiger partial charge in [0.05, 0.1) is 16.7 Å². The number of fused-ring (bicyclic) bond motifs is 1. The number of carbonyl (C=O) groups excluding carboxylic acids is 1. The number of amides is 1. The highest BCUT2D eigenvalue weighted by Gasteiger charge is 2.24. The summed E-state index contributed by atoms with van der Waals surface area (Å²) in [5, 5.41) is 1.65. The van der Waals surface area contributed by atoms with E-state index in [1.807, 2.05) is 18.7 Å². The van der Waals surface area contributed by atoms with Crippen molar-refractivity contribution in [2.75, 3.05) is 12.3 Å². The van der Waals surface area contributed by atoms with Crippen LogP contribution in [0.2, 0.25) is 5.02 Å². The number of hydrogen-bond donors (Lipinski definition) is 0. The zero-order valence-electron chi connectivity index (χ0n) is 15.4. The molecule has 1 aromatic carbocycles. The maximum Gasteiger partial charge on any atom is 0.262 e. The van der Waals surface area contributed by atoms with Gasteiger partial charge in [-0.05, 0) is 58.2 Å². The molecule has 26 heavy (non-hydrogen) atoms. The summed E-state index contributed by atoms with van der Waals surface area (Å²) in [6.07, 6.45) is 3.29. The van der Waals surface area contributed by atoms with Crippen LogP contribution in [0.3, 0.4) is 0 Å². The van der Waals surface area contributed by atoms with Crippen molar-refractivity contribution in [3.05, 3.63) is 33.6 Å². The van der Waals surface area contributed by atoms with E-state index in [0.717, 1.165) is 19.4 Å². The number of likely N-dealkylation sites (tertiary alicyclic amines) is 1. The second kappa shape index (κ2) is 8.01. The predicted octanol–water partition coefficient (Wildman–Crippen LogP) is 4.12. The van der Waals surface area contributed by atoms with Gasteiger partial charge in [0.25, 0.3) is 5.56 Å². The third-order valence-electron chi connectivity index (χ3n) is 4.80. The van der Waals surface area contributed by atoms with Crippen LogP contribution in [0.5, 0.6) is 0 Å². The average Bonchev–Trinajstić information content (AvgIpc) is 2.59. The van der Waals surface area contributed by atoms with Crippen molar-refractivity contribution in [3.8, 4) is 0 Å². The van der Waals surface area contributed by atoms with Crippen LogP contribution < -0.4 is 5.56 Å². The Labute approximate surface area is 162 Å². The molecule has 140 valence electrons. The molecule has 1 aliphatic rings. The van der Waals surface area contributed by atoms with Crippen molar-refractivity contribution in [3.63, 3.8) is 0 Å². The van der Waals surface area contributed by atoms with Crippen LogP contribution in [0.15, 0.2) is 28.2 Å². The molecule has 1 aromatic heterocycles. The van der Waals surface area contributed by atoms with Gasteiger partial charge in [0.15, 0.2) is 5.16 Å². The van der Waals surface area contributed by atoms with E-state index in [1.54, 1.807) is 22.8 Å². The molecule has 0 bridgehead atoms. The van der Waals surface area contributed by atoms with Crippen LogP contribution in [-0.2, 0) is 4.79 Å². The second-order valence-corrected chi connectivity index (χ2v) is 8.42. The summed E-state index contributed by atoms with van der Waals surface area (Å²) < 4.78 is 1.66. The number of hydrogen-bond acceptors (Lipinski definition) is 4. The first-order valence-corrected chi connectivity index (χ1v) is 10.4. The first-order valence-electron chi connectivity index (χ1n) is 9.02. The van der Waals surface area contributed by atoms with Crippen molar-refractivity contribution < 1.29 is 4.79 Å². The Morgan fingerprint density at radius 2 is 2.15 bits per heavy atom. The van der Waals surface area contributed by atoms with Gasteiger partial charge >= 0.3 is 0 Å². The van der Waals surface area contributed by atoms with E-state index in [2.05, 4.69) is 11.9 Å². The highest BCUT2D eigenvalue weighted by atomic mass is 35.5. The van der Waals surface area contributed by atoms with E-state index in [-0.39, 0.29) is 29.3 Å². The lowest BCUT2D eigenvalue weighted by Gasteiger charge is -2.33. The summed E-state index contributed by atoms with van der Waals surface area (Å²) in [7, 11) is 0. The number of thioether (sulfide) groups is 1. The van der Waals surface area contributed by atoms with E-state index in [4.69, 9.17) is 11.6 Å². The third-order valence-corrected chi connectivity index (χ3v) is 5.97. The Kier molecular flexibility index (Phi) is 5.92. The molecule has 5 nitrogen and oxygen atoms in total. The molecule has 0 saturated carbocycles. The van der Waals surface area contributed by atoms with E-state index in [9.17, 15) is 9.59 Å². The van der Waals surface area contributed by atoms with E-state index in [1.165, 1.54) is 18.2 Å². The largest absolute Gasteiger partial charge is 0.339 e. The lowest BCUT2D eigenvalue weighted by atomic mass is 10.0. The van der Waals surface area contributed by atoms with Crippen LogP contribution in [0.4, 0.5) is 0 Å². The molecule has 1 aliphatic heterocycles. The SMILES string of the molecule is CC(C)n1c(SCC(=O)N2CCCC[C@@H]2C)nc2cc(Cl)ccc2c1=O. The van der Waals surface area contributed by atoms with Crippen molar-refractivity contribution in [1.82, 2.24) is 14.5 Å². The van der Waals surface area contributed by atoms with E-state index < -0.39 is 0 Å². The van der Waals surface area contributed by atoms with Crippen LogP contribution in [-0.4, -0.2) is 38.7 Å². The summed E-state index contributed by atoms with van der Waals surface area (Å²) in [5.74, 6) is 0.396. The lowest BCUT2D eigenvalue weighted by molar-refractivity contribution is -0.131. The normalized spacial score (nSPS) is 17.9. The highest BCUT2D eigenvalue weighted by molar-refractivity contribution is 7.99. The molecule has 0 unspecified atom stereocenters. The molecule has 2 heterocycles. The minimum Gasteiger partial charge on any atom is -0.339 e. The molecule has 2 aromatic rings. The second-order valence-electron chi connectivity index (χ2n) is 7.05. The Morgan fingerprint density at radius 1 is 1.38 bits per heavy atom. The van der Waals surface area contributed by atoms with Crippen molar-refractivity contribution in [2.24, 2.45) is 0 Å². The first-order chi connectivity index (χ1) is 12.4. The summed E-state index contributed by atoms with van der Waals surface area (Å²) >= 11 is 7.39. The van der Waals surface area contributed by atoms with Crippen LogP contribution in [0, 0.1) is 0 Å². The number of nitrogens with zero attached hydrogens (tertiary/aromatic N) is 3. The Balaban J connectivity index is 1.90. The lowest BCUT2D eigenvalue weighted by Crippen LogP contribution is -2.43. The minimum absolute atomic E-state index is 0.0402. The molecule has 1 atom stereocenters. The van der Waals surface area contributed by atoms with Gasteiger partial charge in [0, 0.05) is 23.7 Å². The molecule has 0 aliphatic carbocycles. The molecule has 3 rings (SSSR count). The van der Waals surface area contributed by atoms with Crippen molar-refractivity contribution in [2.45, 2.75) is 57.3 Å². The molecule has 0 N–H and O–H groups in total. The van der Waals surface area contributed by atoms with Crippen molar-refractivity contribution in [1.29, 1.82) is 0 Å². The van der Waals surface area contributed by atoms with Crippen LogP contribution in [0.1, 0.15) is 46.1 Å². The maximum absolute atomic E-state index is 12.9. The summed E-state index contributed by atoms with van der Waals surface area (Å²) in [5.41, 5.74) is 0.476. The Hall–Kier alpha value is -1.53. The average molecular weight is 394 g/mol. The van der Waals surface area contributed by atoms with Gasteiger partial charge in [-0.15, -0.1) is 0 Å². The number of piperidine rings is 1. The number of halogens is 1. The van der Waals surface area contributed by atoms with Gasteiger partial charge < -0.3 is 4.90 Å². The Morgan fingerprint density at radius 3 is 2.85 bits per heavy atom. The van der Waals surface area contributed by atoms with Gasteiger partial charge in [-0.2, -0.15) is 0 Å². The number of benzene rings is 1. The molecular formula is C19H24ClN3O2S. The zero-order valence-corrected chi connectivity index (χ0v) is 16.9. The smallest absolute Gasteiger partial charge is 0.262 e. The first kappa shape index (κ1) is 19.2. The topological polar surface area (TPSA) is 55.2 Å². The van der Waals surface area contributed by atoms with Gasteiger partial charge in [-0.1, -0.05) is 23.4 Å². The van der Waals surface area contributed by atoms with Gasteiger partial charge in [0.2, 0.25) is 5.91 Å². The summed E-state index contributed by atoms with van der Waals surface area (Å²) in [4.78, 5) is 32.1. The highest BCUT2D eigenvalue weighted by Crippen LogP contribution is 2.24. The quantitative estimate of drug-likeness (QED) is 0.579. The fourth-order valence-electron chi connectivity index (χ4n) is 3.39. The third kappa shape index (κ3) is 3.91. The minimum atomic E-state index is -0.0945. The monoisotopic (exact) mass is 393 g/mol. The molecular weight excluding hydrogens is 370 g/mol. The Bertz CT molecular complexity index is 881. The molecule has 0 radical (unpaired) electrons. The van der Waals surface area contributed by atoms with Gasteiger partial charge in [0.1, 0.15) is 0 Å². The number of carbonyl (C=O) groups is 1. The fraction of sp³-hybridized carbons (Fsp3) is 0.526. The van der Waals surface area contributed by atoms with Crippen molar-refractivity contribution >= 4 is 40.2 Å². The van der Waals surface area contributed by atoms with E-state index >= 15 is 0 Å². The van der Waals surface area contributed by atoms with Crippen LogP contribution in [0.25, 0.3) is 10.9 Å². The summed E-state index contributed by atoms with van der Waals surface area (Å²) in [6, 6.07) is 5.35. The van der Waals surface area contributed by atoms with Gasteiger partial charge in [-0.3, -0.25) is 14.2 Å². The van der Waals surface area contributed by atoms with E-state index in [0.29, 0.717) is 21.1 Å². The molecule has 1 amide bonds. The predicted molar refractivity (Wildman–Crippen MR) is 107 cm³/mol. The molecule has 1 saturated heterocycles. The maximum atomic E-state index is 12.9. The zero-order chi connectivity index (χ0) is 18.8. The fourth-order valence-corrected chi connectivity index (χ4v) is 4.57. The summed E-state index contributed by atoms with van der Waals surface area (Å²) in [6.45, 7) is 6.81. The molecule has 0 spiro atoms. The number of rotatable bonds is 4. The number of aromatic nitrogens is 2.